The van der Waals surface area contributed by atoms with Gasteiger partial charge in [-0.3, -0.25) is 9.59 Å². The summed E-state index contributed by atoms with van der Waals surface area (Å²) < 4.78 is 10.1. The molecular weight excluding hydrogens is 346 g/mol. The Balaban J connectivity index is 1.87. The highest BCUT2D eigenvalue weighted by Gasteiger charge is 2.30. The summed E-state index contributed by atoms with van der Waals surface area (Å²) in [5.74, 6) is -0.944. The summed E-state index contributed by atoms with van der Waals surface area (Å²) >= 11 is 1.23. The minimum absolute atomic E-state index is 0.134. The van der Waals surface area contributed by atoms with E-state index in [0.717, 1.165) is 10.4 Å². The Labute approximate surface area is 147 Å². The molecule has 1 aliphatic rings. The fraction of sp³-hybridized carbons (Fsp3) is 0.312. The molecule has 2 aromatic heterocycles. The first-order chi connectivity index (χ1) is 12.0. The lowest BCUT2D eigenvalue weighted by molar-refractivity contribution is 0.0994. The Bertz CT molecular complexity index is 812. The third kappa shape index (κ3) is 3.36. The molecule has 25 heavy (non-hydrogen) atoms. The zero-order chi connectivity index (χ0) is 18.0. The van der Waals surface area contributed by atoms with E-state index in [1.165, 1.54) is 23.7 Å². The number of hydrogen-bond acceptors (Lipinski definition) is 6. The third-order valence-electron chi connectivity index (χ3n) is 3.80. The van der Waals surface area contributed by atoms with Crippen molar-refractivity contribution in [1.82, 2.24) is 4.90 Å². The fourth-order valence-electron chi connectivity index (χ4n) is 2.70. The molecule has 3 amide bonds. The van der Waals surface area contributed by atoms with Crippen molar-refractivity contribution in [2.45, 2.75) is 19.9 Å². The monoisotopic (exact) mass is 363 g/mol. The highest BCUT2D eigenvalue weighted by Crippen LogP contribution is 2.37. The lowest BCUT2D eigenvalue weighted by Gasteiger charge is -2.26. The van der Waals surface area contributed by atoms with Crippen LogP contribution < -0.4 is 11.1 Å². The molecule has 0 atom stereocenters. The molecule has 0 aromatic carbocycles. The Hall–Kier alpha value is -2.81. The van der Waals surface area contributed by atoms with Crippen LogP contribution in [0.5, 0.6) is 0 Å². The van der Waals surface area contributed by atoms with Gasteiger partial charge < -0.3 is 25.1 Å². The van der Waals surface area contributed by atoms with Gasteiger partial charge in [0.1, 0.15) is 5.00 Å². The number of nitrogens with one attached hydrogen (secondary N) is 1. The molecule has 0 spiro atoms. The number of anilines is 1. The maximum atomic E-state index is 12.2. The number of hydrogen-bond donors (Lipinski definition) is 2. The van der Waals surface area contributed by atoms with Crippen LogP contribution in [0, 0.1) is 0 Å². The summed E-state index contributed by atoms with van der Waals surface area (Å²) in [7, 11) is 0. The second-order valence-corrected chi connectivity index (χ2v) is 6.48. The minimum atomic E-state index is -0.614. The molecule has 0 aliphatic carbocycles. The first kappa shape index (κ1) is 17.0. The zero-order valence-electron chi connectivity index (χ0n) is 13.5. The number of fused-ring (bicyclic) bond motifs is 1. The minimum Gasteiger partial charge on any atom is -0.459 e. The van der Waals surface area contributed by atoms with Gasteiger partial charge in [0.15, 0.2) is 5.76 Å². The van der Waals surface area contributed by atoms with Gasteiger partial charge in [-0.25, -0.2) is 4.79 Å². The number of primary amides is 1. The number of nitrogens with two attached hydrogens (primary N) is 1. The number of ether oxygens (including phenoxy) is 1. The van der Waals surface area contributed by atoms with Crippen LogP contribution in [-0.2, 0) is 17.7 Å². The van der Waals surface area contributed by atoms with Crippen molar-refractivity contribution >= 4 is 34.2 Å². The standard InChI is InChI=1S/C16H17N3O5S/c1-2-23-16(22)19-6-5-9-11(8-19)25-15(12(9)13(17)20)18-14(21)10-4-3-7-24-10/h3-4,7H,2,5-6,8H2,1H3,(H2,17,20)(H,18,21). The molecule has 0 bridgehead atoms. The van der Waals surface area contributed by atoms with Gasteiger partial charge in [0.2, 0.25) is 0 Å². The highest BCUT2D eigenvalue weighted by atomic mass is 32.1. The van der Waals surface area contributed by atoms with Gasteiger partial charge in [0, 0.05) is 11.4 Å². The van der Waals surface area contributed by atoms with E-state index < -0.39 is 17.9 Å². The SMILES string of the molecule is CCOC(=O)N1CCc2c(sc(NC(=O)c3ccco3)c2C(N)=O)C1. The second-order valence-electron chi connectivity index (χ2n) is 5.37. The van der Waals surface area contributed by atoms with E-state index in [0.29, 0.717) is 36.7 Å². The van der Waals surface area contributed by atoms with E-state index in [1.54, 1.807) is 17.9 Å². The van der Waals surface area contributed by atoms with Crippen LogP contribution in [0.15, 0.2) is 22.8 Å². The van der Waals surface area contributed by atoms with Gasteiger partial charge in [0.05, 0.1) is 25.0 Å². The van der Waals surface area contributed by atoms with Gasteiger partial charge in [-0.2, -0.15) is 0 Å². The molecule has 3 N–H and O–H groups in total. The summed E-state index contributed by atoms with van der Waals surface area (Å²) in [6.45, 7) is 2.78. The van der Waals surface area contributed by atoms with Gasteiger partial charge in [-0.1, -0.05) is 0 Å². The van der Waals surface area contributed by atoms with Crippen LogP contribution >= 0.6 is 11.3 Å². The van der Waals surface area contributed by atoms with E-state index in [1.807, 2.05) is 0 Å². The number of carbonyl (C=O) groups is 3. The number of thiophene rings is 1. The molecule has 3 heterocycles. The first-order valence-electron chi connectivity index (χ1n) is 7.72. The van der Waals surface area contributed by atoms with E-state index in [4.69, 9.17) is 14.9 Å². The van der Waals surface area contributed by atoms with E-state index in [9.17, 15) is 14.4 Å². The smallest absolute Gasteiger partial charge is 0.410 e. The Morgan fingerprint density at radius 1 is 1.44 bits per heavy atom. The van der Waals surface area contributed by atoms with Crippen molar-refractivity contribution in [3.05, 3.63) is 40.2 Å². The van der Waals surface area contributed by atoms with Gasteiger partial charge in [0.25, 0.3) is 11.8 Å². The summed E-state index contributed by atoms with van der Waals surface area (Å²) in [4.78, 5) is 38.3. The lowest BCUT2D eigenvalue weighted by Crippen LogP contribution is -2.36. The molecule has 9 heteroatoms. The van der Waals surface area contributed by atoms with Crippen molar-refractivity contribution in [2.75, 3.05) is 18.5 Å². The van der Waals surface area contributed by atoms with Gasteiger partial charge in [-0.15, -0.1) is 11.3 Å². The van der Waals surface area contributed by atoms with Crippen molar-refractivity contribution in [2.24, 2.45) is 5.73 Å². The molecule has 0 saturated heterocycles. The number of carbonyl (C=O) groups excluding carboxylic acids is 3. The predicted molar refractivity (Wildman–Crippen MR) is 90.6 cm³/mol. The number of furan rings is 1. The van der Waals surface area contributed by atoms with Crippen molar-refractivity contribution < 1.29 is 23.5 Å². The van der Waals surface area contributed by atoms with Crippen LogP contribution in [-0.4, -0.2) is 36.0 Å². The van der Waals surface area contributed by atoms with E-state index in [-0.39, 0.29) is 5.76 Å². The van der Waals surface area contributed by atoms with Gasteiger partial charge in [-0.05, 0) is 31.0 Å². The molecule has 2 aromatic rings. The summed E-state index contributed by atoms with van der Waals surface area (Å²) in [5.41, 5.74) is 6.57. The normalized spacial score (nSPS) is 13.2. The largest absolute Gasteiger partial charge is 0.459 e. The van der Waals surface area contributed by atoms with Crippen molar-refractivity contribution in [3.63, 3.8) is 0 Å². The van der Waals surface area contributed by atoms with E-state index >= 15 is 0 Å². The summed E-state index contributed by atoms with van der Waals surface area (Å²) in [6, 6.07) is 3.12. The highest BCUT2D eigenvalue weighted by molar-refractivity contribution is 7.17. The first-order valence-corrected chi connectivity index (χ1v) is 8.53. The molecule has 0 saturated carbocycles. The summed E-state index contributed by atoms with van der Waals surface area (Å²) in [6.07, 6.45) is 1.46. The summed E-state index contributed by atoms with van der Waals surface area (Å²) in [5, 5.41) is 3.04. The van der Waals surface area contributed by atoms with Crippen LogP contribution in [0.1, 0.15) is 38.3 Å². The predicted octanol–water partition coefficient (Wildman–Crippen LogP) is 2.21. The Morgan fingerprint density at radius 3 is 2.88 bits per heavy atom. The van der Waals surface area contributed by atoms with Crippen LogP contribution in [0.2, 0.25) is 0 Å². The van der Waals surface area contributed by atoms with Crippen LogP contribution in [0.4, 0.5) is 9.80 Å². The van der Waals surface area contributed by atoms with Crippen molar-refractivity contribution in [1.29, 1.82) is 0 Å². The topological polar surface area (TPSA) is 115 Å². The molecule has 0 radical (unpaired) electrons. The van der Waals surface area contributed by atoms with Crippen molar-refractivity contribution in [3.8, 4) is 0 Å². The number of amides is 3. The molecule has 3 rings (SSSR count). The molecule has 132 valence electrons. The van der Waals surface area contributed by atoms with Crippen LogP contribution in [0.25, 0.3) is 0 Å². The Morgan fingerprint density at radius 2 is 2.24 bits per heavy atom. The average Bonchev–Trinajstić information content (AvgIpc) is 3.21. The Kier molecular flexibility index (Phi) is 4.75. The van der Waals surface area contributed by atoms with E-state index in [2.05, 4.69) is 5.32 Å². The third-order valence-corrected chi connectivity index (χ3v) is 4.93. The molecule has 1 aliphatic heterocycles. The molecule has 0 unspecified atom stereocenters. The second kappa shape index (κ2) is 6.98. The van der Waals surface area contributed by atoms with Gasteiger partial charge >= 0.3 is 6.09 Å². The molecule has 8 nitrogen and oxygen atoms in total. The zero-order valence-corrected chi connectivity index (χ0v) is 14.4. The molecular formula is C16H17N3O5S. The average molecular weight is 363 g/mol. The lowest BCUT2D eigenvalue weighted by atomic mass is 10.0. The maximum Gasteiger partial charge on any atom is 0.410 e. The molecule has 0 fully saturated rings. The fourth-order valence-corrected chi connectivity index (χ4v) is 3.96. The number of nitrogens with zero attached hydrogens (tertiary/aromatic N) is 1. The van der Waals surface area contributed by atoms with Crippen LogP contribution in [0.3, 0.4) is 0 Å². The quantitative estimate of drug-likeness (QED) is 0.864. The maximum absolute atomic E-state index is 12.2. The number of rotatable bonds is 4.